The molecular formula is C20H26N4O2. The maximum absolute atomic E-state index is 5.65. The van der Waals surface area contributed by atoms with Gasteiger partial charge in [-0.3, -0.25) is 4.90 Å². The third-order valence-corrected chi connectivity index (χ3v) is 5.96. The maximum Gasteiger partial charge on any atom is 0.231 e. The second kappa shape index (κ2) is 6.91. The van der Waals surface area contributed by atoms with Crippen LogP contribution in [0.4, 0.5) is 0 Å². The molecule has 0 saturated carbocycles. The number of hydrogen-bond acceptors (Lipinski definition) is 5. The Hall–Kier alpha value is -2.08. The number of piperidine rings is 1. The van der Waals surface area contributed by atoms with Gasteiger partial charge >= 0.3 is 0 Å². The van der Waals surface area contributed by atoms with Crippen molar-refractivity contribution < 1.29 is 9.47 Å². The van der Waals surface area contributed by atoms with Crippen LogP contribution in [0.1, 0.15) is 55.2 Å². The van der Waals surface area contributed by atoms with Crippen LogP contribution in [0.3, 0.4) is 0 Å². The van der Waals surface area contributed by atoms with E-state index in [-0.39, 0.29) is 0 Å². The zero-order valence-electron chi connectivity index (χ0n) is 15.2. The smallest absolute Gasteiger partial charge is 0.231 e. The van der Waals surface area contributed by atoms with E-state index in [1.165, 1.54) is 36.5 Å². The summed E-state index contributed by atoms with van der Waals surface area (Å²) in [7, 11) is 0. The predicted molar refractivity (Wildman–Crippen MR) is 97.4 cm³/mol. The molecule has 6 nitrogen and oxygen atoms in total. The van der Waals surface area contributed by atoms with Gasteiger partial charge in [0.05, 0.1) is 0 Å². The lowest BCUT2D eigenvalue weighted by Crippen LogP contribution is -2.33. The lowest BCUT2D eigenvalue weighted by molar-refractivity contribution is 0.169. The molecule has 0 unspecified atom stereocenters. The number of likely N-dealkylation sites (tertiary alicyclic amines) is 1. The SMILES string of the molecule is c1cc(CN2CCC(c3nnc4n3CCCCC4)CC2)c2c(c1)OCO2. The first kappa shape index (κ1) is 16.1. The Labute approximate surface area is 154 Å². The van der Waals surface area contributed by atoms with Gasteiger partial charge in [-0.25, -0.2) is 0 Å². The van der Waals surface area contributed by atoms with Crippen LogP contribution in [0.2, 0.25) is 0 Å². The maximum atomic E-state index is 5.65. The van der Waals surface area contributed by atoms with Gasteiger partial charge in [-0.15, -0.1) is 10.2 Å². The Morgan fingerprint density at radius 2 is 1.92 bits per heavy atom. The Bertz CT molecular complexity index is 780. The van der Waals surface area contributed by atoms with E-state index in [9.17, 15) is 0 Å². The molecule has 4 heterocycles. The van der Waals surface area contributed by atoms with Gasteiger partial charge in [0, 0.05) is 31.0 Å². The molecule has 0 bridgehead atoms. The third-order valence-electron chi connectivity index (χ3n) is 5.96. The summed E-state index contributed by atoms with van der Waals surface area (Å²) in [5, 5.41) is 9.06. The number of aromatic nitrogens is 3. The monoisotopic (exact) mass is 354 g/mol. The van der Waals surface area contributed by atoms with Crippen LogP contribution in [0.5, 0.6) is 11.5 Å². The molecule has 6 heteroatoms. The molecule has 1 saturated heterocycles. The van der Waals surface area contributed by atoms with Crippen molar-refractivity contribution in [3.63, 3.8) is 0 Å². The Morgan fingerprint density at radius 3 is 2.85 bits per heavy atom. The highest BCUT2D eigenvalue weighted by molar-refractivity contribution is 5.48. The molecule has 1 fully saturated rings. The molecule has 0 aliphatic carbocycles. The number of hydrogen-bond donors (Lipinski definition) is 0. The van der Waals surface area contributed by atoms with E-state index >= 15 is 0 Å². The largest absolute Gasteiger partial charge is 0.454 e. The highest BCUT2D eigenvalue weighted by atomic mass is 16.7. The van der Waals surface area contributed by atoms with Crippen LogP contribution >= 0.6 is 0 Å². The van der Waals surface area contributed by atoms with Crippen LogP contribution in [0.15, 0.2) is 18.2 Å². The van der Waals surface area contributed by atoms with Crippen molar-refractivity contribution in [1.29, 1.82) is 0 Å². The topological polar surface area (TPSA) is 52.4 Å². The lowest BCUT2D eigenvalue weighted by Gasteiger charge is -2.31. The summed E-state index contributed by atoms with van der Waals surface area (Å²) in [4.78, 5) is 2.52. The number of rotatable bonds is 3. The van der Waals surface area contributed by atoms with Gasteiger partial charge in [-0.2, -0.15) is 0 Å². The van der Waals surface area contributed by atoms with Crippen LogP contribution in [0.25, 0.3) is 0 Å². The highest BCUT2D eigenvalue weighted by Crippen LogP contribution is 2.37. The van der Waals surface area contributed by atoms with E-state index in [1.54, 1.807) is 0 Å². The molecule has 0 atom stereocenters. The number of fused-ring (bicyclic) bond motifs is 2. The second-order valence-electron chi connectivity index (χ2n) is 7.64. The number of para-hydroxylation sites is 1. The first-order valence-electron chi connectivity index (χ1n) is 9.90. The average Bonchev–Trinajstić information content (AvgIpc) is 3.24. The number of aryl methyl sites for hydroxylation is 1. The quantitative estimate of drug-likeness (QED) is 0.848. The molecule has 3 aliphatic heterocycles. The molecule has 0 amide bonds. The minimum Gasteiger partial charge on any atom is -0.454 e. The minimum absolute atomic E-state index is 0.340. The van der Waals surface area contributed by atoms with Crippen molar-refractivity contribution in [3.8, 4) is 11.5 Å². The molecule has 26 heavy (non-hydrogen) atoms. The summed E-state index contributed by atoms with van der Waals surface area (Å²) in [6, 6.07) is 6.19. The van der Waals surface area contributed by atoms with Gasteiger partial charge in [0.25, 0.3) is 0 Å². The molecule has 5 rings (SSSR count). The number of ether oxygens (including phenoxy) is 2. The molecule has 138 valence electrons. The summed E-state index contributed by atoms with van der Waals surface area (Å²) in [5.41, 5.74) is 1.23. The van der Waals surface area contributed by atoms with Gasteiger partial charge in [-0.05, 0) is 44.8 Å². The summed E-state index contributed by atoms with van der Waals surface area (Å²) >= 11 is 0. The van der Waals surface area contributed by atoms with Crippen molar-refractivity contribution in [2.24, 2.45) is 0 Å². The Morgan fingerprint density at radius 1 is 1.00 bits per heavy atom. The molecule has 2 aromatic rings. The molecule has 0 N–H and O–H groups in total. The molecule has 3 aliphatic rings. The standard InChI is InChI=1S/C20H26N4O2/c1-2-7-18-21-22-20(24(18)10-3-1)15-8-11-23(12-9-15)13-16-5-4-6-17-19(16)26-14-25-17/h4-6,15H,1-3,7-14H2. The average molecular weight is 354 g/mol. The first-order chi connectivity index (χ1) is 12.9. The van der Waals surface area contributed by atoms with Crippen molar-refractivity contribution in [2.45, 2.75) is 57.5 Å². The molecule has 1 aromatic heterocycles. The van der Waals surface area contributed by atoms with Gasteiger partial charge in [0.15, 0.2) is 11.5 Å². The number of nitrogens with zero attached hydrogens (tertiary/aromatic N) is 4. The van der Waals surface area contributed by atoms with E-state index in [0.717, 1.165) is 56.9 Å². The zero-order valence-corrected chi connectivity index (χ0v) is 15.2. The van der Waals surface area contributed by atoms with Crippen molar-refractivity contribution >= 4 is 0 Å². The molecule has 1 aromatic carbocycles. The fourth-order valence-electron chi connectivity index (χ4n) is 4.51. The van der Waals surface area contributed by atoms with Crippen LogP contribution < -0.4 is 9.47 Å². The van der Waals surface area contributed by atoms with Crippen molar-refractivity contribution in [2.75, 3.05) is 19.9 Å². The third kappa shape index (κ3) is 2.96. The summed E-state index contributed by atoms with van der Waals surface area (Å²) in [6.07, 6.45) is 7.23. The first-order valence-corrected chi connectivity index (χ1v) is 9.90. The molecule has 0 spiro atoms. The van der Waals surface area contributed by atoms with Gasteiger partial charge in [-0.1, -0.05) is 18.6 Å². The van der Waals surface area contributed by atoms with E-state index in [1.807, 2.05) is 6.07 Å². The Kier molecular flexibility index (Phi) is 4.28. The van der Waals surface area contributed by atoms with Gasteiger partial charge in [0.1, 0.15) is 11.6 Å². The second-order valence-corrected chi connectivity index (χ2v) is 7.64. The molecular weight excluding hydrogens is 328 g/mol. The van der Waals surface area contributed by atoms with E-state index in [2.05, 4.69) is 31.8 Å². The summed E-state index contributed by atoms with van der Waals surface area (Å²) < 4.78 is 13.6. The normalized spacial score (nSPS) is 20.8. The van der Waals surface area contributed by atoms with Gasteiger partial charge in [0.2, 0.25) is 6.79 Å². The van der Waals surface area contributed by atoms with E-state index < -0.39 is 0 Å². The summed E-state index contributed by atoms with van der Waals surface area (Å²) in [5.74, 6) is 4.79. The number of benzene rings is 1. The van der Waals surface area contributed by atoms with Crippen molar-refractivity contribution in [3.05, 3.63) is 35.4 Å². The lowest BCUT2D eigenvalue weighted by atomic mass is 9.95. The predicted octanol–water partition coefficient (Wildman–Crippen LogP) is 3.11. The minimum atomic E-state index is 0.340. The zero-order chi connectivity index (χ0) is 17.3. The van der Waals surface area contributed by atoms with Gasteiger partial charge < -0.3 is 14.0 Å². The van der Waals surface area contributed by atoms with Crippen molar-refractivity contribution in [1.82, 2.24) is 19.7 Å². The van der Waals surface area contributed by atoms with Crippen LogP contribution in [0, 0.1) is 0 Å². The van der Waals surface area contributed by atoms with E-state index in [0.29, 0.717) is 12.7 Å². The molecule has 0 radical (unpaired) electrons. The van der Waals surface area contributed by atoms with Crippen LogP contribution in [-0.2, 0) is 19.5 Å². The fourth-order valence-corrected chi connectivity index (χ4v) is 4.51. The fraction of sp³-hybridized carbons (Fsp3) is 0.600. The Balaban J connectivity index is 1.25. The van der Waals surface area contributed by atoms with E-state index in [4.69, 9.17) is 9.47 Å². The summed E-state index contributed by atoms with van der Waals surface area (Å²) in [6.45, 7) is 4.56. The highest BCUT2D eigenvalue weighted by Gasteiger charge is 2.27. The van der Waals surface area contributed by atoms with Crippen LogP contribution in [-0.4, -0.2) is 39.5 Å².